The van der Waals surface area contributed by atoms with Gasteiger partial charge in [0.25, 0.3) is 0 Å². The molecule has 0 aliphatic rings. The lowest BCUT2D eigenvalue weighted by Gasteiger charge is -2.20. The highest BCUT2D eigenvalue weighted by molar-refractivity contribution is 7.05. The van der Waals surface area contributed by atoms with Gasteiger partial charge in [-0.1, -0.05) is 31.2 Å². The molecule has 3 N–H and O–H groups in total. The average molecular weight is 228 g/mol. The molecule has 0 aliphatic carbocycles. The van der Waals surface area contributed by atoms with Gasteiger partial charge in [-0.05, 0) is 30.8 Å². The van der Waals surface area contributed by atoms with Gasteiger partial charge >= 0.3 is 0 Å². The van der Waals surface area contributed by atoms with E-state index in [0.717, 1.165) is 12.1 Å². The maximum Gasteiger partial charge on any atom is 0.0773 e. The van der Waals surface area contributed by atoms with Crippen molar-refractivity contribution in [3.63, 3.8) is 0 Å². The van der Waals surface area contributed by atoms with Crippen LogP contribution in [-0.2, 0) is 0 Å². The van der Waals surface area contributed by atoms with Crippen molar-refractivity contribution in [2.24, 2.45) is 11.8 Å². The summed E-state index contributed by atoms with van der Waals surface area (Å²) in [6, 6.07) is 0.204. The number of nitrogens with zero attached hydrogens (tertiary/aromatic N) is 2. The van der Waals surface area contributed by atoms with Crippen LogP contribution in [0.15, 0.2) is 0 Å². The molecular formula is C10H20N4S. The summed E-state index contributed by atoms with van der Waals surface area (Å²) in [5, 5.41) is 4.02. The third-order valence-corrected chi connectivity index (χ3v) is 3.87. The smallest absolute Gasteiger partial charge is 0.0773 e. The van der Waals surface area contributed by atoms with Crippen molar-refractivity contribution in [1.82, 2.24) is 15.0 Å². The zero-order valence-corrected chi connectivity index (χ0v) is 10.5. The molecule has 1 rings (SSSR count). The molecule has 0 bridgehead atoms. The van der Waals surface area contributed by atoms with Gasteiger partial charge < -0.3 is 0 Å². The Bertz CT molecular complexity index is 283. The zero-order valence-electron chi connectivity index (χ0n) is 9.66. The highest BCUT2D eigenvalue weighted by Crippen LogP contribution is 2.27. The molecule has 0 saturated heterocycles. The Morgan fingerprint density at radius 2 is 2.07 bits per heavy atom. The van der Waals surface area contributed by atoms with E-state index >= 15 is 0 Å². The lowest BCUT2D eigenvalue weighted by Crippen LogP contribution is -2.29. The van der Waals surface area contributed by atoms with Crippen LogP contribution in [0.3, 0.4) is 0 Å². The monoisotopic (exact) mass is 228 g/mol. The molecule has 0 radical (unpaired) electrons. The number of aromatic nitrogens is 2. The first-order valence-electron chi connectivity index (χ1n) is 5.47. The second kappa shape index (κ2) is 6.15. The van der Waals surface area contributed by atoms with Crippen LogP contribution in [0.25, 0.3) is 0 Å². The number of aryl methyl sites for hydroxylation is 1. The third kappa shape index (κ3) is 3.22. The summed E-state index contributed by atoms with van der Waals surface area (Å²) in [6.07, 6.45) is 3.45. The SMILES string of the molecule is CCC(CC)CC(NN)c1snnc1C. The van der Waals surface area contributed by atoms with Crippen LogP contribution >= 0.6 is 11.5 Å². The number of nitrogens with one attached hydrogen (secondary N) is 1. The average Bonchev–Trinajstić information content (AvgIpc) is 2.67. The zero-order chi connectivity index (χ0) is 11.3. The van der Waals surface area contributed by atoms with Crippen LogP contribution in [-0.4, -0.2) is 9.59 Å². The fraction of sp³-hybridized carbons (Fsp3) is 0.800. The van der Waals surface area contributed by atoms with Crippen molar-refractivity contribution in [2.45, 2.75) is 46.1 Å². The van der Waals surface area contributed by atoms with Gasteiger partial charge in [0.05, 0.1) is 16.6 Å². The van der Waals surface area contributed by atoms with E-state index in [4.69, 9.17) is 5.84 Å². The van der Waals surface area contributed by atoms with E-state index in [1.807, 2.05) is 6.92 Å². The number of hydrogen-bond acceptors (Lipinski definition) is 5. The van der Waals surface area contributed by atoms with Crippen LogP contribution in [0.4, 0.5) is 0 Å². The van der Waals surface area contributed by atoms with E-state index in [2.05, 4.69) is 28.9 Å². The first-order chi connectivity index (χ1) is 7.22. The molecule has 0 aliphatic heterocycles. The van der Waals surface area contributed by atoms with Crippen molar-refractivity contribution < 1.29 is 0 Å². The Morgan fingerprint density at radius 3 is 2.47 bits per heavy atom. The standard InChI is InChI=1S/C10H20N4S/c1-4-8(5-2)6-9(12-11)10-7(3)13-14-15-10/h8-9,12H,4-6,11H2,1-3H3. The van der Waals surface area contributed by atoms with Crippen molar-refractivity contribution in [1.29, 1.82) is 0 Å². The van der Waals surface area contributed by atoms with Gasteiger partial charge in [-0.2, -0.15) is 0 Å². The lowest BCUT2D eigenvalue weighted by atomic mass is 9.94. The number of hydrazine groups is 1. The Morgan fingerprint density at radius 1 is 1.40 bits per heavy atom. The van der Waals surface area contributed by atoms with Crippen LogP contribution < -0.4 is 11.3 Å². The molecule has 15 heavy (non-hydrogen) atoms. The molecule has 0 spiro atoms. The van der Waals surface area contributed by atoms with Crippen molar-refractivity contribution >= 4 is 11.5 Å². The van der Waals surface area contributed by atoms with Crippen LogP contribution in [0.5, 0.6) is 0 Å². The van der Waals surface area contributed by atoms with Gasteiger partial charge in [-0.15, -0.1) is 5.10 Å². The molecule has 86 valence electrons. The topological polar surface area (TPSA) is 63.8 Å². The summed E-state index contributed by atoms with van der Waals surface area (Å²) in [5.41, 5.74) is 3.87. The molecule has 0 aromatic carbocycles. The van der Waals surface area contributed by atoms with Gasteiger partial charge in [-0.25, -0.2) is 0 Å². The summed E-state index contributed by atoms with van der Waals surface area (Å²) < 4.78 is 3.95. The summed E-state index contributed by atoms with van der Waals surface area (Å²) in [5.74, 6) is 6.31. The molecule has 0 amide bonds. The molecule has 1 aromatic rings. The van der Waals surface area contributed by atoms with Crippen molar-refractivity contribution in [3.8, 4) is 0 Å². The largest absolute Gasteiger partial charge is 0.271 e. The minimum atomic E-state index is 0.204. The van der Waals surface area contributed by atoms with E-state index in [1.54, 1.807) is 0 Å². The number of hydrogen-bond donors (Lipinski definition) is 2. The normalized spacial score (nSPS) is 13.4. The predicted octanol–water partition coefficient (Wildman–Crippen LogP) is 2.18. The first-order valence-corrected chi connectivity index (χ1v) is 6.25. The van der Waals surface area contributed by atoms with E-state index < -0.39 is 0 Å². The highest BCUT2D eigenvalue weighted by atomic mass is 32.1. The summed E-state index contributed by atoms with van der Waals surface area (Å²) in [7, 11) is 0. The molecule has 1 aromatic heterocycles. The van der Waals surface area contributed by atoms with Gasteiger partial charge in [0, 0.05) is 0 Å². The molecule has 1 atom stereocenters. The quantitative estimate of drug-likeness (QED) is 0.578. The Balaban J connectivity index is 2.68. The molecule has 5 heteroatoms. The van der Waals surface area contributed by atoms with Gasteiger partial charge in [0.2, 0.25) is 0 Å². The van der Waals surface area contributed by atoms with Crippen LogP contribution in [0.1, 0.15) is 49.7 Å². The summed E-state index contributed by atoms with van der Waals surface area (Å²) in [6.45, 7) is 6.43. The molecular weight excluding hydrogens is 208 g/mol. The second-order valence-corrected chi connectivity index (χ2v) is 4.65. The second-order valence-electron chi connectivity index (χ2n) is 3.86. The number of rotatable bonds is 6. The molecule has 4 nitrogen and oxygen atoms in total. The summed E-state index contributed by atoms with van der Waals surface area (Å²) in [4.78, 5) is 1.17. The number of nitrogens with two attached hydrogens (primary N) is 1. The maximum absolute atomic E-state index is 5.59. The van der Waals surface area contributed by atoms with E-state index in [0.29, 0.717) is 5.92 Å². The Hall–Kier alpha value is -0.520. The van der Waals surface area contributed by atoms with Gasteiger partial charge in [0.1, 0.15) is 0 Å². The fourth-order valence-corrected chi connectivity index (χ4v) is 2.48. The molecule has 1 heterocycles. The van der Waals surface area contributed by atoms with Crippen molar-refractivity contribution in [2.75, 3.05) is 0 Å². The van der Waals surface area contributed by atoms with E-state index in [-0.39, 0.29) is 6.04 Å². The maximum atomic E-state index is 5.59. The van der Waals surface area contributed by atoms with E-state index in [1.165, 1.54) is 29.3 Å². The Labute approximate surface area is 95.4 Å². The minimum Gasteiger partial charge on any atom is -0.271 e. The lowest BCUT2D eigenvalue weighted by molar-refractivity contribution is 0.377. The van der Waals surface area contributed by atoms with Crippen molar-refractivity contribution in [3.05, 3.63) is 10.6 Å². The third-order valence-electron chi connectivity index (χ3n) is 2.93. The van der Waals surface area contributed by atoms with E-state index in [9.17, 15) is 0 Å². The van der Waals surface area contributed by atoms with Gasteiger partial charge in [-0.3, -0.25) is 11.3 Å². The minimum absolute atomic E-state index is 0.204. The fourth-order valence-electron chi connectivity index (χ4n) is 1.76. The van der Waals surface area contributed by atoms with Crippen LogP contribution in [0, 0.1) is 12.8 Å². The molecule has 1 unspecified atom stereocenters. The van der Waals surface area contributed by atoms with Gasteiger partial charge in [0.15, 0.2) is 0 Å². The Kier molecular flexibility index (Phi) is 5.14. The first kappa shape index (κ1) is 12.5. The highest BCUT2D eigenvalue weighted by Gasteiger charge is 2.19. The predicted molar refractivity (Wildman–Crippen MR) is 63.4 cm³/mol. The van der Waals surface area contributed by atoms with Crippen LogP contribution in [0.2, 0.25) is 0 Å². The molecule has 0 fully saturated rings. The summed E-state index contributed by atoms with van der Waals surface area (Å²) >= 11 is 1.44. The molecule has 0 saturated carbocycles.